The van der Waals surface area contributed by atoms with Gasteiger partial charge in [0.25, 0.3) is 0 Å². The Morgan fingerprint density at radius 2 is 1.68 bits per heavy atom. The van der Waals surface area contributed by atoms with Crippen LogP contribution >= 0.6 is 23.1 Å². The number of nitrogens with one attached hydrogen (secondary N) is 1. The first-order valence-electron chi connectivity index (χ1n) is 6.68. The van der Waals surface area contributed by atoms with Crippen molar-refractivity contribution in [2.45, 2.75) is 4.90 Å². The molecular weight excluding hydrogens is 314 g/mol. The molecule has 4 nitrogen and oxygen atoms in total. The van der Waals surface area contributed by atoms with Crippen LogP contribution < -0.4 is 5.32 Å². The molecule has 6 heteroatoms. The van der Waals surface area contributed by atoms with E-state index < -0.39 is 0 Å². The van der Waals surface area contributed by atoms with E-state index in [9.17, 15) is 4.79 Å². The molecule has 2 aromatic carbocycles. The maximum atomic E-state index is 11.9. The van der Waals surface area contributed by atoms with E-state index in [1.165, 1.54) is 23.1 Å². The average molecular weight is 327 g/mol. The summed E-state index contributed by atoms with van der Waals surface area (Å²) in [5, 5.41) is 12.2. The molecule has 1 N–H and O–H groups in total. The van der Waals surface area contributed by atoms with Gasteiger partial charge in [0.2, 0.25) is 11.0 Å². The summed E-state index contributed by atoms with van der Waals surface area (Å²) in [7, 11) is 0. The lowest BCUT2D eigenvalue weighted by atomic mass is 10.2. The van der Waals surface area contributed by atoms with Crippen LogP contribution in [0.3, 0.4) is 0 Å². The molecule has 0 spiro atoms. The summed E-state index contributed by atoms with van der Waals surface area (Å²) in [5.41, 5.74) is 0.999. The smallest absolute Gasteiger partial charge is 0.236 e. The molecule has 1 amide bonds. The van der Waals surface area contributed by atoms with Crippen molar-refractivity contribution in [3.63, 3.8) is 0 Å². The van der Waals surface area contributed by atoms with E-state index in [0.29, 0.717) is 10.9 Å². The van der Waals surface area contributed by atoms with Gasteiger partial charge in [-0.3, -0.25) is 10.1 Å². The van der Waals surface area contributed by atoms with Crippen LogP contribution in [0.25, 0.3) is 10.6 Å². The predicted octanol–water partition coefficient (Wildman–Crippen LogP) is 3.94. The van der Waals surface area contributed by atoms with Gasteiger partial charge in [-0.2, -0.15) is 0 Å². The minimum Gasteiger partial charge on any atom is -0.300 e. The Balaban J connectivity index is 1.57. The highest BCUT2D eigenvalue weighted by Crippen LogP contribution is 2.26. The van der Waals surface area contributed by atoms with Gasteiger partial charge in [-0.15, -0.1) is 22.0 Å². The minimum atomic E-state index is -0.0791. The topological polar surface area (TPSA) is 54.9 Å². The van der Waals surface area contributed by atoms with E-state index in [4.69, 9.17) is 0 Å². The number of amides is 1. The standard InChI is InChI=1S/C16H13N3OS2/c20-14(11-21-13-9-5-2-6-10-13)17-16-19-18-15(22-16)12-7-3-1-4-8-12/h1-10H,11H2,(H,17,19,20). The van der Waals surface area contributed by atoms with Crippen molar-refractivity contribution in [2.24, 2.45) is 0 Å². The van der Waals surface area contributed by atoms with E-state index in [1.54, 1.807) is 0 Å². The molecular formula is C16H13N3OS2. The number of anilines is 1. The molecule has 0 radical (unpaired) electrons. The van der Waals surface area contributed by atoms with Crippen molar-refractivity contribution in [3.8, 4) is 10.6 Å². The molecule has 0 bridgehead atoms. The van der Waals surface area contributed by atoms with Crippen LogP contribution in [0.4, 0.5) is 5.13 Å². The molecule has 0 aliphatic heterocycles. The zero-order chi connectivity index (χ0) is 15.2. The van der Waals surface area contributed by atoms with Crippen LogP contribution in [0.1, 0.15) is 0 Å². The van der Waals surface area contributed by atoms with Crippen molar-refractivity contribution >= 4 is 34.1 Å². The molecule has 0 fully saturated rings. The monoisotopic (exact) mass is 327 g/mol. The number of aromatic nitrogens is 2. The zero-order valence-corrected chi connectivity index (χ0v) is 13.2. The normalized spacial score (nSPS) is 10.4. The quantitative estimate of drug-likeness (QED) is 0.721. The number of rotatable bonds is 5. The predicted molar refractivity (Wildman–Crippen MR) is 91.1 cm³/mol. The first-order valence-corrected chi connectivity index (χ1v) is 8.48. The maximum absolute atomic E-state index is 11.9. The van der Waals surface area contributed by atoms with Crippen molar-refractivity contribution < 1.29 is 4.79 Å². The molecule has 110 valence electrons. The molecule has 22 heavy (non-hydrogen) atoms. The number of nitrogens with zero attached hydrogens (tertiary/aromatic N) is 2. The highest BCUT2D eigenvalue weighted by molar-refractivity contribution is 8.00. The Kier molecular flexibility index (Phi) is 4.82. The van der Waals surface area contributed by atoms with Crippen LogP contribution in [0, 0.1) is 0 Å². The summed E-state index contributed by atoms with van der Waals surface area (Å²) in [6, 6.07) is 19.6. The van der Waals surface area contributed by atoms with Crippen molar-refractivity contribution in [1.82, 2.24) is 10.2 Å². The average Bonchev–Trinajstić information content (AvgIpc) is 3.03. The van der Waals surface area contributed by atoms with Crippen molar-refractivity contribution in [3.05, 3.63) is 60.7 Å². The lowest BCUT2D eigenvalue weighted by Crippen LogP contribution is -2.13. The number of carbonyl (C=O) groups excluding carboxylic acids is 1. The number of hydrogen-bond donors (Lipinski definition) is 1. The van der Waals surface area contributed by atoms with Gasteiger partial charge < -0.3 is 0 Å². The van der Waals surface area contributed by atoms with Crippen LogP contribution in [-0.4, -0.2) is 21.9 Å². The Morgan fingerprint density at radius 3 is 2.41 bits per heavy atom. The van der Waals surface area contributed by atoms with Gasteiger partial charge in [0.15, 0.2) is 0 Å². The van der Waals surface area contributed by atoms with E-state index in [2.05, 4.69) is 15.5 Å². The van der Waals surface area contributed by atoms with Crippen LogP contribution in [0.5, 0.6) is 0 Å². The third kappa shape index (κ3) is 3.93. The second-order valence-electron chi connectivity index (χ2n) is 4.43. The van der Waals surface area contributed by atoms with E-state index in [1.807, 2.05) is 60.7 Å². The SMILES string of the molecule is O=C(CSc1ccccc1)Nc1nnc(-c2ccccc2)s1. The lowest BCUT2D eigenvalue weighted by Gasteiger charge is -2.01. The van der Waals surface area contributed by atoms with Crippen LogP contribution in [-0.2, 0) is 4.79 Å². The van der Waals surface area contributed by atoms with Gasteiger partial charge in [-0.1, -0.05) is 59.9 Å². The number of benzene rings is 2. The highest BCUT2D eigenvalue weighted by atomic mass is 32.2. The summed E-state index contributed by atoms with van der Waals surface area (Å²) in [4.78, 5) is 13.0. The fraction of sp³-hybridized carbons (Fsp3) is 0.0625. The van der Waals surface area contributed by atoms with Gasteiger partial charge in [0, 0.05) is 10.5 Å². The third-order valence-corrected chi connectivity index (χ3v) is 4.71. The fourth-order valence-corrected chi connectivity index (χ4v) is 3.28. The Bertz CT molecular complexity index is 744. The second kappa shape index (κ2) is 7.20. The maximum Gasteiger partial charge on any atom is 0.236 e. The van der Waals surface area contributed by atoms with Crippen LogP contribution in [0.15, 0.2) is 65.6 Å². The van der Waals surface area contributed by atoms with E-state index in [-0.39, 0.29) is 5.91 Å². The molecule has 0 saturated heterocycles. The Labute approximate surface area is 136 Å². The van der Waals surface area contributed by atoms with Gasteiger partial charge in [0.1, 0.15) is 5.01 Å². The molecule has 0 aliphatic rings. The molecule has 0 aliphatic carbocycles. The second-order valence-corrected chi connectivity index (χ2v) is 6.45. The first-order chi connectivity index (χ1) is 10.8. The number of hydrogen-bond acceptors (Lipinski definition) is 5. The number of thioether (sulfide) groups is 1. The summed E-state index contributed by atoms with van der Waals surface area (Å²) in [6.45, 7) is 0. The van der Waals surface area contributed by atoms with Gasteiger partial charge in [0.05, 0.1) is 5.75 Å². The molecule has 3 aromatic rings. The summed E-state index contributed by atoms with van der Waals surface area (Å²) in [5.74, 6) is 0.272. The fourth-order valence-electron chi connectivity index (χ4n) is 1.79. The van der Waals surface area contributed by atoms with Crippen molar-refractivity contribution in [2.75, 3.05) is 11.1 Å². The van der Waals surface area contributed by atoms with Crippen LogP contribution in [0.2, 0.25) is 0 Å². The van der Waals surface area contributed by atoms with Gasteiger partial charge >= 0.3 is 0 Å². The molecule has 1 heterocycles. The van der Waals surface area contributed by atoms with Gasteiger partial charge in [-0.05, 0) is 12.1 Å². The zero-order valence-electron chi connectivity index (χ0n) is 11.6. The van der Waals surface area contributed by atoms with E-state index >= 15 is 0 Å². The summed E-state index contributed by atoms with van der Waals surface area (Å²) < 4.78 is 0. The number of carbonyl (C=O) groups is 1. The molecule has 3 rings (SSSR count). The molecule has 1 aromatic heterocycles. The molecule has 0 saturated carbocycles. The van der Waals surface area contributed by atoms with E-state index in [0.717, 1.165) is 15.5 Å². The molecule has 0 unspecified atom stereocenters. The highest BCUT2D eigenvalue weighted by Gasteiger charge is 2.09. The Hall–Kier alpha value is -2.18. The summed E-state index contributed by atoms with van der Waals surface area (Å²) >= 11 is 2.87. The first kappa shape index (κ1) is 14.7. The minimum absolute atomic E-state index is 0.0791. The lowest BCUT2D eigenvalue weighted by molar-refractivity contribution is -0.113. The largest absolute Gasteiger partial charge is 0.300 e. The third-order valence-electron chi connectivity index (χ3n) is 2.81. The molecule has 0 atom stereocenters. The summed E-state index contributed by atoms with van der Waals surface area (Å²) in [6.07, 6.45) is 0. The van der Waals surface area contributed by atoms with Crippen molar-refractivity contribution in [1.29, 1.82) is 0 Å². The Morgan fingerprint density at radius 1 is 1.00 bits per heavy atom. The van der Waals surface area contributed by atoms with Gasteiger partial charge in [-0.25, -0.2) is 0 Å².